The van der Waals surface area contributed by atoms with Gasteiger partial charge in [0.05, 0.1) is 23.6 Å². The van der Waals surface area contributed by atoms with Gasteiger partial charge in [0.1, 0.15) is 6.54 Å². The van der Waals surface area contributed by atoms with Gasteiger partial charge in [-0.2, -0.15) is 0 Å². The molecule has 0 aliphatic carbocycles. The number of nitrogens with zero attached hydrogens (tertiary/aromatic N) is 2. The van der Waals surface area contributed by atoms with Gasteiger partial charge < -0.3 is 14.4 Å². The van der Waals surface area contributed by atoms with Crippen LogP contribution in [-0.4, -0.2) is 60.2 Å². The van der Waals surface area contributed by atoms with Gasteiger partial charge in [0, 0.05) is 13.1 Å². The molecular formula is C20H23ClN2O5S. The van der Waals surface area contributed by atoms with Gasteiger partial charge in [-0.15, -0.1) is 0 Å². The van der Waals surface area contributed by atoms with Crippen molar-refractivity contribution in [1.82, 2.24) is 9.80 Å². The molecule has 156 valence electrons. The molecule has 0 bridgehead atoms. The number of piperidine rings is 1. The average molecular weight is 439 g/mol. The highest BCUT2D eigenvalue weighted by Crippen LogP contribution is 2.38. The minimum atomic E-state index is -0.477. The Balaban J connectivity index is 1.78. The van der Waals surface area contributed by atoms with Crippen molar-refractivity contribution in [2.24, 2.45) is 0 Å². The first-order valence-corrected chi connectivity index (χ1v) is 10.7. The molecule has 0 atom stereocenters. The zero-order valence-corrected chi connectivity index (χ0v) is 18.0. The number of benzene rings is 1. The van der Waals surface area contributed by atoms with Crippen LogP contribution >= 0.6 is 23.4 Å². The highest BCUT2D eigenvalue weighted by molar-refractivity contribution is 8.18. The first-order chi connectivity index (χ1) is 13.9. The molecular weight excluding hydrogens is 416 g/mol. The number of imide groups is 1. The Bertz CT molecular complexity index is 852. The van der Waals surface area contributed by atoms with E-state index in [1.165, 1.54) is 7.11 Å². The van der Waals surface area contributed by atoms with E-state index < -0.39 is 11.1 Å². The monoisotopic (exact) mass is 438 g/mol. The third kappa shape index (κ3) is 4.87. The predicted molar refractivity (Wildman–Crippen MR) is 112 cm³/mol. The minimum Gasteiger partial charge on any atom is -0.491 e. The zero-order chi connectivity index (χ0) is 21.0. The zero-order valence-electron chi connectivity index (χ0n) is 16.4. The molecule has 7 nitrogen and oxygen atoms in total. The standard InChI is InChI=1S/C20H23ClN2O5S/c1-3-28-15-10-13(9-14(21)18(15)27-2)11-16-19(25)23(20(26)29-16)12-17(24)22-7-5-4-6-8-22/h9-11H,3-8,12H2,1-2H3. The van der Waals surface area contributed by atoms with Crippen LogP contribution < -0.4 is 9.47 Å². The van der Waals surface area contributed by atoms with Gasteiger partial charge in [0.15, 0.2) is 11.5 Å². The summed E-state index contributed by atoms with van der Waals surface area (Å²) in [5.41, 5.74) is 0.604. The van der Waals surface area contributed by atoms with E-state index in [0.29, 0.717) is 41.8 Å². The summed E-state index contributed by atoms with van der Waals surface area (Å²) >= 11 is 7.06. The van der Waals surface area contributed by atoms with Crippen LogP contribution in [0.25, 0.3) is 6.08 Å². The lowest BCUT2D eigenvalue weighted by atomic mass is 10.1. The van der Waals surface area contributed by atoms with Crippen molar-refractivity contribution in [2.45, 2.75) is 26.2 Å². The molecule has 2 heterocycles. The van der Waals surface area contributed by atoms with Crippen LogP contribution in [0.4, 0.5) is 4.79 Å². The van der Waals surface area contributed by atoms with Gasteiger partial charge in [0.25, 0.3) is 11.1 Å². The van der Waals surface area contributed by atoms with E-state index in [-0.39, 0.29) is 17.4 Å². The number of ether oxygens (including phenoxy) is 2. The largest absolute Gasteiger partial charge is 0.491 e. The molecule has 29 heavy (non-hydrogen) atoms. The Morgan fingerprint density at radius 3 is 2.62 bits per heavy atom. The Labute approximate surface area is 178 Å². The van der Waals surface area contributed by atoms with Gasteiger partial charge in [-0.3, -0.25) is 19.3 Å². The van der Waals surface area contributed by atoms with Crippen molar-refractivity contribution in [3.05, 3.63) is 27.6 Å². The van der Waals surface area contributed by atoms with Crippen LogP contribution in [-0.2, 0) is 9.59 Å². The van der Waals surface area contributed by atoms with Crippen molar-refractivity contribution in [3.8, 4) is 11.5 Å². The number of hydrogen-bond acceptors (Lipinski definition) is 6. The van der Waals surface area contributed by atoms with Crippen LogP contribution in [0.15, 0.2) is 17.0 Å². The number of carbonyl (C=O) groups excluding carboxylic acids is 3. The molecule has 9 heteroatoms. The molecule has 3 rings (SSSR count). The first-order valence-electron chi connectivity index (χ1n) is 9.48. The van der Waals surface area contributed by atoms with Crippen molar-refractivity contribution in [3.63, 3.8) is 0 Å². The third-order valence-corrected chi connectivity index (χ3v) is 5.90. The molecule has 0 saturated carbocycles. The fourth-order valence-electron chi connectivity index (χ4n) is 3.30. The number of carbonyl (C=O) groups is 3. The second kappa shape index (κ2) is 9.54. The highest BCUT2D eigenvalue weighted by Gasteiger charge is 2.37. The maximum absolute atomic E-state index is 12.7. The maximum atomic E-state index is 12.7. The number of methoxy groups -OCH3 is 1. The minimum absolute atomic E-state index is 0.195. The Hall–Kier alpha value is -2.19. The Kier molecular flexibility index (Phi) is 7.08. The molecule has 0 N–H and O–H groups in total. The van der Waals surface area contributed by atoms with Gasteiger partial charge >= 0.3 is 0 Å². The van der Waals surface area contributed by atoms with E-state index in [1.54, 1.807) is 23.1 Å². The molecule has 2 saturated heterocycles. The highest BCUT2D eigenvalue weighted by atomic mass is 35.5. The van der Waals surface area contributed by atoms with Crippen molar-refractivity contribution >= 4 is 46.5 Å². The van der Waals surface area contributed by atoms with Gasteiger partial charge in [-0.05, 0) is 61.7 Å². The van der Waals surface area contributed by atoms with E-state index >= 15 is 0 Å². The van der Waals surface area contributed by atoms with E-state index in [9.17, 15) is 14.4 Å². The Morgan fingerprint density at radius 2 is 1.97 bits per heavy atom. The normalized spacial score (nSPS) is 18.5. The van der Waals surface area contributed by atoms with Crippen molar-refractivity contribution in [2.75, 3.05) is 33.4 Å². The molecule has 2 aliphatic heterocycles. The second-order valence-electron chi connectivity index (χ2n) is 6.68. The van der Waals surface area contributed by atoms with Crippen LogP contribution in [0.2, 0.25) is 5.02 Å². The van der Waals surface area contributed by atoms with Crippen LogP contribution in [0.5, 0.6) is 11.5 Å². The molecule has 0 unspecified atom stereocenters. The second-order valence-corrected chi connectivity index (χ2v) is 8.08. The SMILES string of the molecule is CCOc1cc(C=C2SC(=O)N(CC(=O)N3CCCCC3)C2=O)cc(Cl)c1OC. The molecule has 1 aromatic rings. The van der Waals surface area contributed by atoms with Crippen molar-refractivity contribution < 1.29 is 23.9 Å². The molecule has 0 aromatic heterocycles. The van der Waals surface area contributed by atoms with Crippen LogP contribution in [0.1, 0.15) is 31.7 Å². The molecule has 2 aliphatic rings. The fraction of sp³-hybridized carbons (Fsp3) is 0.450. The topological polar surface area (TPSA) is 76.2 Å². The summed E-state index contributed by atoms with van der Waals surface area (Å²) in [5, 5.41) is -0.111. The Morgan fingerprint density at radius 1 is 1.24 bits per heavy atom. The average Bonchev–Trinajstić information content (AvgIpc) is 2.96. The number of halogens is 1. The summed E-state index contributed by atoms with van der Waals surface area (Å²) < 4.78 is 10.8. The summed E-state index contributed by atoms with van der Waals surface area (Å²) in [6, 6.07) is 3.33. The van der Waals surface area contributed by atoms with Crippen LogP contribution in [0.3, 0.4) is 0 Å². The molecule has 1 aromatic carbocycles. The van der Waals surface area contributed by atoms with Gasteiger partial charge in [-0.1, -0.05) is 11.6 Å². The summed E-state index contributed by atoms with van der Waals surface area (Å²) in [6.07, 6.45) is 4.58. The molecule has 2 fully saturated rings. The summed E-state index contributed by atoms with van der Waals surface area (Å²) in [7, 11) is 1.49. The first kappa shape index (κ1) is 21.5. The maximum Gasteiger partial charge on any atom is 0.294 e. The lowest BCUT2D eigenvalue weighted by Crippen LogP contribution is -2.44. The van der Waals surface area contributed by atoms with E-state index in [4.69, 9.17) is 21.1 Å². The van der Waals surface area contributed by atoms with E-state index in [1.807, 2.05) is 6.92 Å². The van der Waals surface area contributed by atoms with Crippen LogP contribution in [0, 0.1) is 0 Å². The summed E-state index contributed by atoms with van der Waals surface area (Å²) in [4.78, 5) is 40.4. The van der Waals surface area contributed by atoms with Gasteiger partial charge in [0.2, 0.25) is 5.91 Å². The molecule has 3 amide bonds. The van der Waals surface area contributed by atoms with Gasteiger partial charge in [-0.25, -0.2) is 0 Å². The fourth-order valence-corrected chi connectivity index (χ4v) is 4.43. The number of thioether (sulfide) groups is 1. The lowest BCUT2D eigenvalue weighted by Gasteiger charge is -2.27. The quantitative estimate of drug-likeness (QED) is 0.629. The number of rotatable bonds is 6. The van der Waals surface area contributed by atoms with Crippen molar-refractivity contribution in [1.29, 1.82) is 0 Å². The molecule has 0 radical (unpaired) electrons. The molecule has 0 spiro atoms. The lowest BCUT2D eigenvalue weighted by molar-refractivity contribution is -0.136. The summed E-state index contributed by atoms with van der Waals surface area (Å²) in [5.74, 6) is 0.189. The number of amides is 3. The summed E-state index contributed by atoms with van der Waals surface area (Å²) in [6.45, 7) is 3.39. The smallest absolute Gasteiger partial charge is 0.294 e. The predicted octanol–water partition coefficient (Wildman–Crippen LogP) is 3.80. The van der Waals surface area contributed by atoms with E-state index in [2.05, 4.69) is 0 Å². The van der Waals surface area contributed by atoms with E-state index in [0.717, 1.165) is 35.9 Å². The third-order valence-electron chi connectivity index (χ3n) is 4.71. The number of hydrogen-bond donors (Lipinski definition) is 0. The number of likely N-dealkylation sites (tertiary alicyclic amines) is 1.